The maximum Gasteiger partial charge on any atom is 0.261 e. The minimum atomic E-state index is -3.78. The maximum absolute atomic E-state index is 13.0. The zero-order chi connectivity index (χ0) is 15.6. The van der Waals surface area contributed by atoms with Crippen molar-refractivity contribution in [2.45, 2.75) is 11.8 Å². The van der Waals surface area contributed by atoms with Gasteiger partial charge in [0.2, 0.25) is 0 Å². The van der Waals surface area contributed by atoms with E-state index in [9.17, 15) is 12.8 Å². The van der Waals surface area contributed by atoms with Crippen LogP contribution in [-0.4, -0.2) is 8.42 Å². The highest BCUT2D eigenvalue weighted by Gasteiger charge is 2.16. The number of hydrogen-bond acceptors (Lipinski definition) is 3. The molecule has 2 rings (SSSR count). The summed E-state index contributed by atoms with van der Waals surface area (Å²) in [5.41, 5.74) is 1.30. The Balaban J connectivity index is 2.39. The fourth-order valence-corrected chi connectivity index (χ4v) is 3.66. The van der Waals surface area contributed by atoms with E-state index in [0.29, 0.717) is 20.4 Å². The molecule has 0 saturated carbocycles. The molecule has 0 fully saturated rings. The summed E-state index contributed by atoms with van der Waals surface area (Å²) in [6.07, 6.45) is 0. The van der Waals surface area contributed by atoms with Crippen LogP contribution >= 0.6 is 22.6 Å². The molecule has 0 aromatic heterocycles. The number of benzene rings is 2. The zero-order valence-corrected chi connectivity index (χ0v) is 13.9. The average molecular weight is 416 g/mol. The minimum absolute atomic E-state index is 0.0547. The van der Waals surface area contributed by atoms with Gasteiger partial charge in [0.25, 0.3) is 10.0 Å². The molecule has 0 aliphatic carbocycles. The number of sulfonamides is 1. The van der Waals surface area contributed by atoms with Gasteiger partial charge in [-0.15, -0.1) is 0 Å². The molecular weight excluding hydrogens is 406 g/mol. The molecule has 2 aromatic rings. The van der Waals surface area contributed by atoms with E-state index >= 15 is 0 Å². The number of nitrogens with one attached hydrogen (secondary N) is 1. The molecule has 0 heterocycles. The van der Waals surface area contributed by atoms with Gasteiger partial charge in [-0.2, -0.15) is 5.26 Å². The highest BCUT2D eigenvalue weighted by molar-refractivity contribution is 14.1. The van der Waals surface area contributed by atoms with E-state index < -0.39 is 15.8 Å². The maximum atomic E-state index is 13.0. The number of nitriles is 1. The van der Waals surface area contributed by atoms with Crippen LogP contribution in [0, 0.1) is 27.6 Å². The topological polar surface area (TPSA) is 70.0 Å². The van der Waals surface area contributed by atoms with Crippen LogP contribution in [0.5, 0.6) is 0 Å². The second-order valence-electron chi connectivity index (χ2n) is 4.32. The summed E-state index contributed by atoms with van der Waals surface area (Å²) in [5, 5.41) is 8.86. The Morgan fingerprint density at radius 2 is 1.95 bits per heavy atom. The van der Waals surface area contributed by atoms with Gasteiger partial charge < -0.3 is 0 Å². The smallest absolute Gasteiger partial charge is 0.261 e. The van der Waals surface area contributed by atoms with E-state index in [2.05, 4.69) is 4.72 Å². The number of rotatable bonds is 3. The van der Waals surface area contributed by atoms with Gasteiger partial charge in [-0.1, -0.05) is 0 Å². The zero-order valence-electron chi connectivity index (χ0n) is 10.9. The first-order valence-electron chi connectivity index (χ1n) is 5.82. The Bertz CT molecular complexity index is 845. The van der Waals surface area contributed by atoms with Crippen molar-refractivity contribution in [1.29, 1.82) is 5.26 Å². The van der Waals surface area contributed by atoms with Crippen molar-refractivity contribution in [3.8, 4) is 6.07 Å². The van der Waals surface area contributed by atoms with Crippen molar-refractivity contribution in [3.63, 3.8) is 0 Å². The number of halogens is 2. The third-order valence-electron chi connectivity index (χ3n) is 2.80. The molecule has 0 saturated heterocycles. The molecule has 4 nitrogen and oxygen atoms in total. The molecule has 0 bridgehead atoms. The van der Waals surface area contributed by atoms with Crippen LogP contribution < -0.4 is 4.72 Å². The van der Waals surface area contributed by atoms with Crippen LogP contribution in [-0.2, 0) is 10.0 Å². The third-order valence-corrected chi connectivity index (χ3v) is 5.06. The SMILES string of the molecule is Cc1cc(S(=O)(=O)Nc2ccc(F)cc2I)ccc1C#N. The van der Waals surface area contributed by atoms with Crippen molar-refractivity contribution in [2.75, 3.05) is 4.72 Å². The first kappa shape index (κ1) is 15.7. The molecule has 1 N–H and O–H groups in total. The third kappa shape index (κ3) is 3.51. The van der Waals surface area contributed by atoms with Gasteiger partial charge in [0.15, 0.2) is 0 Å². The van der Waals surface area contributed by atoms with E-state index in [1.807, 2.05) is 28.7 Å². The molecule has 0 radical (unpaired) electrons. The molecule has 0 aliphatic heterocycles. The van der Waals surface area contributed by atoms with E-state index in [-0.39, 0.29) is 4.90 Å². The number of nitrogens with zero attached hydrogens (tertiary/aromatic N) is 1. The molecule has 108 valence electrons. The van der Waals surface area contributed by atoms with Gasteiger partial charge in [-0.05, 0) is 71.5 Å². The van der Waals surface area contributed by atoms with Crippen molar-refractivity contribution >= 4 is 38.3 Å². The summed E-state index contributed by atoms with van der Waals surface area (Å²) in [6, 6.07) is 10.0. The van der Waals surface area contributed by atoms with E-state index in [1.165, 1.54) is 36.4 Å². The number of hydrogen-bond donors (Lipinski definition) is 1. The van der Waals surface area contributed by atoms with Crippen LogP contribution in [0.25, 0.3) is 0 Å². The second-order valence-corrected chi connectivity index (χ2v) is 7.16. The molecule has 0 atom stereocenters. The lowest BCUT2D eigenvalue weighted by molar-refractivity contribution is 0.601. The van der Waals surface area contributed by atoms with Crippen molar-refractivity contribution < 1.29 is 12.8 Å². The molecule has 7 heteroatoms. The molecule has 2 aromatic carbocycles. The first-order valence-corrected chi connectivity index (χ1v) is 8.38. The van der Waals surface area contributed by atoms with Gasteiger partial charge in [0.05, 0.1) is 22.2 Å². The minimum Gasteiger partial charge on any atom is -0.279 e. The van der Waals surface area contributed by atoms with E-state index in [4.69, 9.17) is 5.26 Å². The highest BCUT2D eigenvalue weighted by Crippen LogP contribution is 2.23. The Morgan fingerprint density at radius 3 is 2.52 bits per heavy atom. The van der Waals surface area contributed by atoms with Crippen LogP contribution in [0.3, 0.4) is 0 Å². The highest BCUT2D eigenvalue weighted by atomic mass is 127. The predicted molar refractivity (Wildman–Crippen MR) is 85.8 cm³/mol. The fourth-order valence-electron chi connectivity index (χ4n) is 1.70. The summed E-state index contributed by atoms with van der Waals surface area (Å²) in [5.74, 6) is -0.434. The predicted octanol–water partition coefficient (Wildman–Crippen LogP) is 3.41. The van der Waals surface area contributed by atoms with Crippen LogP contribution in [0.15, 0.2) is 41.3 Å². The standard InChI is InChI=1S/C14H10FIN2O2S/c1-9-6-12(4-2-10(9)8-17)21(19,20)18-14-5-3-11(15)7-13(14)16/h2-7,18H,1H3. The quantitative estimate of drug-likeness (QED) is 0.780. The molecular formula is C14H10FIN2O2S. The van der Waals surface area contributed by atoms with Crippen LogP contribution in [0.4, 0.5) is 10.1 Å². The monoisotopic (exact) mass is 416 g/mol. The molecule has 0 aliphatic rings. The van der Waals surface area contributed by atoms with Gasteiger partial charge in [0.1, 0.15) is 5.82 Å². The lowest BCUT2D eigenvalue weighted by Gasteiger charge is -2.10. The van der Waals surface area contributed by atoms with Crippen LogP contribution in [0.1, 0.15) is 11.1 Å². The Kier molecular flexibility index (Phi) is 4.49. The van der Waals surface area contributed by atoms with Crippen molar-refractivity contribution in [2.24, 2.45) is 0 Å². The number of aryl methyl sites for hydroxylation is 1. The Labute approximate surface area is 135 Å². The molecule has 21 heavy (non-hydrogen) atoms. The van der Waals surface area contributed by atoms with E-state index in [1.54, 1.807) is 6.92 Å². The first-order chi connectivity index (χ1) is 9.83. The Morgan fingerprint density at radius 1 is 1.24 bits per heavy atom. The summed E-state index contributed by atoms with van der Waals surface area (Å²) >= 11 is 1.85. The fraction of sp³-hybridized carbons (Fsp3) is 0.0714. The van der Waals surface area contributed by atoms with Gasteiger partial charge >= 0.3 is 0 Å². The summed E-state index contributed by atoms with van der Waals surface area (Å²) in [7, 11) is -3.78. The van der Waals surface area contributed by atoms with Crippen LogP contribution in [0.2, 0.25) is 0 Å². The summed E-state index contributed by atoms with van der Waals surface area (Å²) in [6.45, 7) is 1.67. The molecule has 0 spiro atoms. The molecule has 0 unspecified atom stereocenters. The van der Waals surface area contributed by atoms with Gasteiger partial charge in [-0.3, -0.25) is 4.72 Å². The van der Waals surface area contributed by atoms with Gasteiger partial charge in [-0.25, -0.2) is 12.8 Å². The lowest BCUT2D eigenvalue weighted by atomic mass is 10.1. The van der Waals surface area contributed by atoms with Gasteiger partial charge in [0, 0.05) is 3.57 Å². The molecule has 0 amide bonds. The van der Waals surface area contributed by atoms with E-state index in [0.717, 1.165) is 0 Å². The number of anilines is 1. The lowest BCUT2D eigenvalue weighted by Crippen LogP contribution is -2.14. The average Bonchev–Trinajstić information content (AvgIpc) is 2.42. The van der Waals surface area contributed by atoms with Crippen molar-refractivity contribution in [3.05, 3.63) is 56.9 Å². The second kappa shape index (κ2) is 5.99. The summed E-state index contributed by atoms with van der Waals surface area (Å²) in [4.78, 5) is 0.0547. The normalized spacial score (nSPS) is 11.0. The largest absolute Gasteiger partial charge is 0.279 e. The Hall–Kier alpha value is -1.66. The van der Waals surface area contributed by atoms with Crippen molar-refractivity contribution in [1.82, 2.24) is 0 Å². The summed E-state index contributed by atoms with van der Waals surface area (Å²) < 4.78 is 40.5.